The summed E-state index contributed by atoms with van der Waals surface area (Å²) >= 11 is 0. The number of hydrogen-bond acceptors (Lipinski definition) is 6. The first-order valence-corrected chi connectivity index (χ1v) is 6.23. The van der Waals surface area contributed by atoms with Gasteiger partial charge in [0.15, 0.2) is 5.82 Å². The number of carbonyl (C=O) groups excluding carboxylic acids is 1. The van der Waals surface area contributed by atoms with Gasteiger partial charge in [0.2, 0.25) is 5.95 Å². The molecule has 0 bridgehead atoms. The maximum Gasteiger partial charge on any atom is 0.321 e. The summed E-state index contributed by atoms with van der Waals surface area (Å²) in [6, 6.07) is 7.50. The van der Waals surface area contributed by atoms with Crippen molar-refractivity contribution in [3.63, 3.8) is 0 Å². The predicted molar refractivity (Wildman–Crippen MR) is 74.2 cm³/mol. The smallest absolute Gasteiger partial charge is 0.321 e. The van der Waals surface area contributed by atoms with Gasteiger partial charge in [-0.15, -0.1) is 10.2 Å². The highest BCUT2D eigenvalue weighted by Gasteiger charge is 2.30. The lowest BCUT2D eigenvalue weighted by Gasteiger charge is -2.15. The Labute approximate surface area is 116 Å². The number of nitrogens with two attached hydrogens (primary N) is 2. The minimum absolute atomic E-state index is 0.0435. The van der Waals surface area contributed by atoms with Crippen molar-refractivity contribution in [3.8, 4) is 0 Å². The summed E-state index contributed by atoms with van der Waals surface area (Å²) in [5.74, 6) is 4.89. The van der Waals surface area contributed by atoms with Crippen LogP contribution in [0.15, 0.2) is 24.3 Å². The molecule has 0 aliphatic heterocycles. The molecule has 0 fully saturated rings. The highest BCUT2D eigenvalue weighted by molar-refractivity contribution is 5.81. The minimum Gasteiger partial charge on any atom is -0.465 e. The Balaban J connectivity index is 2.50. The number of anilines is 1. The zero-order valence-corrected chi connectivity index (χ0v) is 11.4. The van der Waals surface area contributed by atoms with Crippen LogP contribution >= 0.6 is 0 Å². The van der Waals surface area contributed by atoms with Crippen LogP contribution in [-0.2, 0) is 9.53 Å². The van der Waals surface area contributed by atoms with Gasteiger partial charge in [0.05, 0.1) is 6.61 Å². The molecule has 4 N–H and O–H groups in total. The standard InChI is InChI=1S/C13H17N5O2/c1-3-20-12(19)10(9-6-4-5-8(2)7-9)11-16-17-13(14)18(11)15/h4-7,10H,3,15H2,1-2H3,(H2,14,17). The summed E-state index contributed by atoms with van der Waals surface area (Å²) in [5.41, 5.74) is 7.33. The van der Waals surface area contributed by atoms with Crippen molar-refractivity contribution in [3.05, 3.63) is 41.2 Å². The monoisotopic (exact) mass is 275 g/mol. The van der Waals surface area contributed by atoms with E-state index in [-0.39, 0.29) is 18.4 Å². The van der Waals surface area contributed by atoms with Crippen LogP contribution in [0.2, 0.25) is 0 Å². The van der Waals surface area contributed by atoms with Crippen molar-refractivity contribution in [1.29, 1.82) is 0 Å². The van der Waals surface area contributed by atoms with Gasteiger partial charge in [0.25, 0.3) is 0 Å². The fourth-order valence-electron chi connectivity index (χ4n) is 1.98. The fraction of sp³-hybridized carbons (Fsp3) is 0.308. The predicted octanol–water partition coefficient (Wildman–Crippen LogP) is 0.578. The quantitative estimate of drug-likeness (QED) is 0.624. The van der Waals surface area contributed by atoms with E-state index in [4.69, 9.17) is 16.3 Å². The molecule has 0 saturated heterocycles. The van der Waals surface area contributed by atoms with E-state index in [9.17, 15) is 4.79 Å². The van der Waals surface area contributed by atoms with E-state index in [0.717, 1.165) is 15.8 Å². The van der Waals surface area contributed by atoms with E-state index in [2.05, 4.69) is 10.2 Å². The molecular formula is C13H17N5O2. The van der Waals surface area contributed by atoms with E-state index in [1.807, 2.05) is 31.2 Å². The van der Waals surface area contributed by atoms with Crippen LogP contribution in [0, 0.1) is 6.92 Å². The Morgan fingerprint density at radius 1 is 1.45 bits per heavy atom. The van der Waals surface area contributed by atoms with Crippen LogP contribution < -0.4 is 11.6 Å². The second-order valence-electron chi connectivity index (χ2n) is 4.39. The van der Waals surface area contributed by atoms with E-state index in [1.165, 1.54) is 0 Å². The van der Waals surface area contributed by atoms with Gasteiger partial charge in [-0.25, -0.2) is 4.68 Å². The van der Waals surface area contributed by atoms with Gasteiger partial charge in [0.1, 0.15) is 5.92 Å². The molecule has 1 aromatic carbocycles. The molecule has 2 aromatic rings. The number of carbonyl (C=O) groups is 1. The summed E-state index contributed by atoms with van der Waals surface area (Å²) in [6.45, 7) is 3.95. The van der Waals surface area contributed by atoms with E-state index in [1.54, 1.807) is 6.92 Å². The Morgan fingerprint density at radius 2 is 2.20 bits per heavy atom. The molecule has 0 saturated carbocycles. The van der Waals surface area contributed by atoms with Crippen LogP contribution in [0.1, 0.15) is 29.8 Å². The molecule has 106 valence electrons. The van der Waals surface area contributed by atoms with E-state index < -0.39 is 11.9 Å². The Bertz CT molecular complexity index is 623. The van der Waals surface area contributed by atoms with Crippen LogP contribution in [0.25, 0.3) is 0 Å². The maximum atomic E-state index is 12.2. The number of benzene rings is 1. The van der Waals surface area contributed by atoms with Crippen LogP contribution in [0.3, 0.4) is 0 Å². The van der Waals surface area contributed by atoms with Crippen molar-refractivity contribution in [2.75, 3.05) is 18.2 Å². The van der Waals surface area contributed by atoms with Crippen LogP contribution in [0.5, 0.6) is 0 Å². The molecule has 7 heteroatoms. The number of ether oxygens (including phenoxy) is 1. The molecule has 0 amide bonds. The van der Waals surface area contributed by atoms with Gasteiger partial charge in [-0.2, -0.15) is 0 Å². The lowest BCUT2D eigenvalue weighted by Crippen LogP contribution is -2.25. The molecule has 0 aliphatic rings. The molecule has 20 heavy (non-hydrogen) atoms. The number of aryl methyl sites for hydroxylation is 1. The summed E-state index contributed by atoms with van der Waals surface area (Å²) in [4.78, 5) is 12.2. The van der Waals surface area contributed by atoms with Gasteiger partial charge < -0.3 is 16.3 Å². The first kappa shape index (κ1) is 13.9. The molecule has 0 aliphatic carbocycles. The number of esters is 1. The molecule has 1 unspecified atom stereocenters. The van der Waals surface area contributed by atoms with Gasteiger partial charge >= 0.3 is 5.97 Å². The lowest BCUT2D eigenvalue weighted by molar-refractivity contribution is -0.144. The number of hydrogen-bond donors (Lipinski definition) is 2. The average Bonchev–Trinajstić information content (AvgIpc) is 2.72. The van der Waals surface area contributed by atoms with Gasteiger partial charge in [-0.1, -0.05) is 29.8 Å². The van der Waals surface area contributed by atoms with Crippen molar-refractivity contribution < 1.29 is 9.53 Å². The second-order valence-corrected chi connectivity index (χ2v) is 4.39. The van der Waals surface area contributed by atoms with Gasteiger partial charge in [-0.05, 0) is 19.4 Å². The highest BCUT2D eigenvalue weighted by atomic mass is 16.5. The number of nitrogen functional groups attached to an aromatic ring is 2. The van der Waals surface area contributed by atoms with E-state index >= 15 is 0 Å². The Morgan fingerprint density at radius 3 is 2.75 bits per heavy atom. The lowest BCUT2D eigenvalue weighted by atomic mass is 9.97. The molecule has 0 spiro atoms. The Kier molecular flexibility index (Phi) is 3.88. The number of aromatic nitrogens is 3. The van der Waals surface area contributed by atoms with Crippen molar-refractivity contribution in [2.45, 2.75) is 19.8 Å². The summed E-state index contributed by atoms with van der Waals surface area (Å²) in [5, 5.41) is 7.57. The largest absolute Gasteiger partial charge is 0.465 e. The SMILES string of the molecule is CCOC(=O)C(c1cccc(C)c1)c1nnc(N)n1N. The molecule has 1 heterocycles. The zero-order valence-electron chi connectivity index (χ0n) is 11.4. The fourth-order valence-corrected chi connectivity index (χ4v) is 1.98. The van der Waals surface area contributed by atoms with Crippen LogP contribution in [0.4, 0.5) is 5.95 Å². The number of rotatable bonds is 4. The average molecular weight is 275 g/mol. The third-order valence-corrected chi connectivity index (χ3v) is 2.90. The summed E-state index contributed by atoms with van der Waals surface area (Å²) in [7, 11) is 0. The van der Waals surface area contributed by atoms with Crippen molar-refractivity contribution in [1.82, 2.24) is 14.9 Å². The maximum absolute atomic E-state index is 12.2. The summed E-state index contributed by atoms with van der Waals surface area (Å²) < 4.78 is 6.20. The summed E-state index contributed by atoms with van der Waals surface area (Å²) in [6.07, 6.45) is 0. The van der Waals surface area contributed by atoms with Crippen molar-refractivity contribution >= 4 is 11.9 Å². The molecule has 1 aromatic heterocycles. The minimum atomic E-state index is -0.746. The van der Waals surface area contributed by atoms with E-state index in [0.29, 0.717) is 0 Å². The third-order valence-electron chi connectivity index (χ3n) is 2.90. The third kappa shape index (κ3) is 2.56. The normalized spacial score (nSPS) is 12.1. The molecule has 0 radical (unpaired) electrons. The molecule has 2 rings (SSSR count). The molecular weight excluding hydrogens is 258 g/mol. The van der Waals surface area contributed by atoms with Crippen LogP contribution in [-0.4, -0.2) is 27.4 Å². The molecule has 7 nitrogen and oxygen atoms in total. The Hall–Kier alpha value is -2.57. The topological polar surface area (TPSA) is 109 Å². The highest BCUT2D eigenvalue weighted by Crippen LogP contribution is 2.25. The molecule has 1 atom stereocenters. The zero-order chi connectivity index (χ0) is 14.7. The first-order chi connectivity index (χ1) is 9.54. The van der Waals surface area contributed by atoms with Crippen molar-refractivity contribution in [2.24, 2.45) is 0 Å². The van der Waals surface area contributed by atoms with Gasteiger partial charge in [-0.3, -0.25) is 4.79 Å². The second kappa shape index (κ2) is 5.60. The first-order valence-electron chi connectivity index (χ1n) is 6.23. The van der Waals surface area contributed by atoms with Gasteiger partial charge in [0, 0.05) is 0 Å². The number of nitrogens with zero attached hydrogens (tertiary/aromatic N) is 3.